The van der Waals surface area contributed by atoms with Gasteiger partial charge in [-0.3, -0.25) is 0 Å². The summed E-state index contributed by atoms with van der Waals surface area (Å²) in [7, 11) is 0. The number of rotatable bonds is 1. The highest BCUT2D eigenvalue weighted by Crippen LogP contribution is 2.34. The zero-order valence-corrected chi connectivity index (χ0v) is 10.4. The predicted molar refractivity (Wildman–Crippen MR) is 77.2 cm³/mol. The highest BCUT2D eigenvalue weighted by atomic mass is 16.7. The van der Waals surface area contributed by atoms with Crippen molar-refractivity contribution in [2.45, 2.75) is 6.54 Å². The van der Waals surface area contributed by atoms with Crippen LogP contribution in [0.25, 0.3) is 10.8 Å². The average Bonchev–Trinajstić information content (AvgIpc) is 2.90. The molecule has 4 rings (SSSR count). The van der Waals surface area contributed by atoms with Gasteiger partial charge in [0.15, 0.2) is 5.75 Å². The molecular weight excluding hydrogens is 234 g/mol. The van der Waals surface area contributed by atoms with Gasteiger partial charge in [-0.15, -0.1) is 0 Å². The fourth-order valence-electron chi connectivity index (χ4n) is 2.59. The summed E-state index contributed by atoms with van der Waals surface area (Å²) < 4.78 is 0. The Bertz CT molecular complexity index is 721. The van der Waals surface area contributed by atoms with Gasteiger partial charge in [-0.25, -0.2) is 5.06 Å². The van der Waals surface area contributed by atoms with Crippen LogP contribution in [0.15, 0.2) is 66.7 Å². The Balaban J connectivity index is 1.81. The lowest BCUT2D eigenvalue weighted by molar-refractivity contribution is 0.309. The number of hydrogen-bond acceptors (Lipinski definition) is 2. The van der Waals surface area contributed by atoms with Gasteiger partial charge >= 0.3 is 0 Å². The summed E-state index contributed by atoms with van der Waals surface area (Å²) in [4.78, 5) is 5.93. The minimum atomic E-state index is 0.796. The van der Waals surface area contributed by atoms with E-state index >= 15 is 0 Å². The Morgan fingerprint density at radius 3 is 2.53 bits per heavy atom. The van der Waals surface area contributed by atoms with E-state index in [0.717, 1.165) is 18.0 Å². The highest BCUT2D eigenvalue weighted by molar-refractivity contribution is 5.94. The third-order valence-electron chi connectivity index (χ3n) is 3.53. The summed E-state index contributed by atoms with van der Waals surface area (Å²) in [5.41, 5.74) is 2.35. The minimum Gasteiger partial charge on any atom is -0.379 e. The lowest BCUT2D eigenvalue weighted by Gasteiger charge is -2.18. The van der Waals surface area contributed by atoms with Crippen molar-refractivity contribution in [3.8, 4) is 5.75 Å². The molecule has 2 nitrogen and oxygen atoms in total. The Morgan fingerprint density at radius 1 is 0.789 bits per heavy atom. The molecule has 0 aromatic heterocycles. The first-order valence-electron chi connectivity index (χ1n) is 6.43. The molecule has 0 atom stereocenters. The predicted octanol–water partition coefficient (Wildman–Crippen LogP) is 4.15. The molecule has 0 fully saturated rings. The Kier molecular flexibility index (Phi) is 2.21. The second kappa shape index (κ2) is 4.02. The van der Waals surface area contributed by atoms with E-state index in [9.17, 15) is 0 Å². The first-order valence-corrected chi connectivity index (χ1v) is 6.43. The van der Waals surface area contributed by atoms with Crippen LogP contribution in [0.5, 0.6) is 5.75 Å². The first kappa shape index (κ1) is 10.4. The molecule has 3 aromatic rings. The molecule has 0 radical (unpaired) electrons. The van der Waals surface area contributed by atoms with Crippen molar-refractivity contribution >= 4 is 16.5 Å². The molecule has 0 saturated heterocycles. The maximum atomic E-state index is 5.93. The van der Waals surface area contributed by atoms with Crippen molar-refractivity contribution in [2.24, 2.45) is 0 Å². The molecule has 1 aliphatic rings. The zero-order chi connectivity index (χ0) is 12.7. The average molecular weight is 247 g/mol. The topological polar surface area (TPSA) is 12.5 Å². The fraction of sp³-hybridized carbons (Fsp3) is 0.0588. The molecule has 0 bridgehead atoms. The van der Waals surface area contributed by atoms with Gasteiger partial charge in [-0.05, 0) is 17.5 Å². The number of fused-ring (bicyclic) bond motifs is 2. The van der Waals surface area contributed by atoms with Gasteiger partial charge in [0.2, 0.25) is 0 Å². The standard InChI is InChI=1S/C17H13NO/c1-3-9-15-13(6-1)8-5-10-16(15)18-12-14-7-2-4-11-17(14)19-18/h1-11H,12H2. The molecular formula is C17H13NO. The Hall–Kier alpha value is -2.48. The number of hydrogen-bond donors (Lipinski definition) is 0. The van der Waals surface area contributed by atoms with Crippen LogP contribution < -0.4 is 9.90 Å². The first-order chi connectivity index (χ1) is 9.42. The van der Waals surface area contributed by atoms with Gasteiger partial charge in [-0.2, -0.15) is 0 Å². The van der Waals surface area contributed by atoms with Crippen molar-refractivity contribution in [3.05, 3.63) is 72.3 Å². The summed E-state index contributed by atoms with van der Waals surface area (Å²) in [6.45, 7) is 0.796. The molecule has 19 heavy (non-hydrogen) atoms. The van der Waals surface area contributed by atoms with Crippen molar-refractivity contribution < 1.29 is 4.84 Å². The van der Waals surface area contributed by atoms with Gasteiger partial charge in [0.1, 0.15) is 0 Å². The number of hydroxylamine groups is 1. The smallest absolute Gasteiger partial charge is 0.160 e. The second-order valence-electron chi connectivity index (χ2n) is 4.73. The van der Waals surface area contributed by atoms with E-state index in [-0.39, 0.29) is 0 Å². The molecule has 0 saturated carbocycles. The molecule has 1 aliphatic heterocycles. The van der Waals surface area contributed by atoms with E-state index < -0.39 is 0 Å². The molecule has 0 N–H and O–H groups in total. The van der Waals surface area contributed by atoms with Crippen LogP contribution in [-0.2, 0) is 6.54 Å². The molecule has 1 heterocycles. The molecule has 0 amide bonds. The maximum Gasteiger partial charge on any atom is 0.160 e. The summed E-state index contributed by atoms with van der Waals surface area (Å²) in [5, 5.41) is 4.42. The van der Waals surface area contributed by atoms with Crippen molar-refractivity contribution in [2.75, 3.05) is 5.06 Å². The van der Waals surface area contributed by atoms with Crippen molar-refractivity contribution in [1.29, 1.82) is 0 Å². The van der Waals surface area contributed by atoms with Crippen LogP contribution in [0.2, 0.25) is 0 Å². The van der Waals surface area contributed by atoms with Crippen LogP contribution in [0, 0.1) is 0 Å². The second-order valence-corrected chi connectivity index (χ2v) is 4.73. The normalized spacial score (nSPS) is 13.4. The monoisotopic (exact) mass is 247 g/mol. The third kappa shape index (κ3) is 1.65. The SMILES string of the molecule is c1ccc2c(c1)CN(c1cccc3ccccc13)O2. The molecule has 0 spiro atoms. The largest absolute Gasteiger partial charge is 0.379 e. The maximum absolute atomic E-state index is 5.93. The van der Waals surface area contributed by atoms with Crippen molar-refractivity contribution in [3.63, 3.8) is 0 Å². The number of para-hydroxylation sites is 1. The van der Waals surface area contributed by atoms with E-state index in [4.69, 9.17) is 4.84 Å². The third-order valence-corrected chi connectivity index (χ3v) is 3.53. The molecule has 3 aromatic carbocycles. The van der Waals surface area contributed by atoms with Gasteiger partial charge in [0, 0.05) is 10.9 Å². The summed E-state index contributed by atoms with van der Waals surface area (Å²) in [6, 6.07) is 22.9. The lowest BCUT2D eigenvalue weighted by atomic mass is 10.1. The van der Waals surface area contributed by atoms with Crippen LogP contribution >= 0.6 is 0 Å². The van der Waals surface area contributed by atoms with Crippen molar-refractivity contribution in [1.82, 2.24) is 0 Å². The summed E-state index contributed by atoms with van der Waals surface area (Å²) in [5.74, 6) is 0.954. The molecule has 0 aliphatic carbocycles. The summed E-state index contributed by atoms with van der Waals surface area (Å²) >= 11 is 0. The number of anilines is 1. The van der Waals surface area contributed by atoms with Crippen LogP contribution in [0.3, 0.4) is 0 Å². The number of nitrogens with zero attached hydrogens (tertiary/aromatic N) is 1. The minimum absolute atomic E-state index is 0.796. The van der Waals surface area contributed by atoms with Crippen LogP contribution in [0.4, 0.5) is 5.69 Å². The van der Waals surface area contributed by atoms with Gasteiger partial charge in [0.25, 0.3) is 0 Å². The fourth-order valence-corrected chi connectivity index (χ4v) is 2.59. The van der Waals surface area contributed by atoms with E-state index in [1.54, 1.807) is 0 Å². The van der Waals surface area contributed by atoms with E-state index in [2.05, 4.69) is 54.6 Å². The van der Waals surface area contributed by atoms with Crippen LogP contribution in [-0.4, -0.2) is 0 Å². The Morgan fingerprint density at radius 2 is 1.58 bits per heavy atom. The molecule has 2 heteroatoms. The van der Waals surface area contributed by atoms with Gasteiger partial charge in [-0.1, -0.05) is 54.6 Å². The summed E-state index contributed by atoms with van der Waals surface area (Å²) in [6.07, 6.45) is 0. The molecule has 92 valence electrons. The van der Waals surface area contributed by atoms with Crippen LogP contribution in [0.1, 0.15) is 5.56 Å². The highest BCUT2D eigenvalue weighted by Gasteiger charge is 2.21. The lowest BCUT2D eigenvalue weighted by Crippen LogP contribution is -2.20. The quantitative estimate of drug-likeness (QED) is 0.640. The van der Waals surface area contributed by atoms with E-state index in [1.807, 2.05) is 17.2 Å². The molecule has 0 unspecified atom stereocenters. The van der Waals surface area contributed by atoms with E-state index in [1.165, 1.54) is 16.3 Å². The zero-order valence-electron chi connectivity index (χ0n) is 10.4. The van der Waals surface area contributed by atoms with E-state index in [0.29, 0.717) is 0 Å². The number of benzene rings is 3. The Labute approximate surface area is 111 Å². The van der Waals surface area contributed by atoms with Gasteiger partial charge < -0.3 is 4.84 Å². The van der Waals surface area contributed by atoms with Gasteiger partial charge in [0.05, 0.1) is 12.2 Å².